The highest BCUT2D eigenvalue weighted by atomic mass is 16.5. The third kappa shape index (κ3) is 2.99. The SMILES string of the molecule is C[C@H]1C(=O)Nc2ccc(C(=O)COc3ccc(C(N)=O)cc3)cc21. The van der Waals surface area contributed by atoms with Crippen LogP contribution in [-0.2, 0) is 4.79 Å². The topological polar surface area (TPSA) is 98.5 Å². The number of hydrogen-bond donors (Lipinski definition) is 2. The van der Waals surface area contributed by atoms with E-state index in [9.17, 15) is 14.4 Å². The molecule has 2 aromatic rings. The summed E-state index contributed by atoms with van der Waals surface area (Å²) in [6.07, 6.45) is 0. The summed E-state index contributed by atoms with van der Waals surface area (Å²) in [5, 5.41) is 2.77. The van der Waals surface area contributed by atoms with Crippen molar-refractivity contribution in [3.8, 4) is 5.75 Å². The van der Waals surface area contributed by atoms with Crippen LogP contribution in [0.5, 0.6) is 5.75 Å². The van der Waals surface area contributed by atoms with Gasteiger partial charge in [0.05, 0.1) is 5.92 Å². The first-order valence-electron chi connectivity index (χ1n) is 7.46. The molecule has 6 nitrogen and oxygen atoms in total. The van der Waals surface area contributed by atoms with Gasteiger partial charge in [-0.25, -0.2) is 0 Å². The van der Waals surface area contributed by atoms with Gasteiger partial charge in [-0.1, -0.05) is 0 Å². The predicted octanol–water partition coefficient (Wildman–Crippen LogP) is 2.10. The van der Waals surface area contributed by atoms with E-state index in [2.05, 4.69) is 5.32 Å². The summed E-state index contributed by atoms with van der Waals surface area (Å²) in [6.45, 7) is 1.66. The number of nitrogens with two attached hydrogens (primary N) is 1. The maximum atomic E-state index is 12.3. The molecule has 3 rings (SSSR count). The van der Waals surface area contributed by atoms with Crippen LogP contribution < -0.4 is 15.8 Å². The van der Waals surface area contributed by atoms with E-state index in [0.717, 1.165) is 11.3 Å². The fourth-order valence-electron chi connectivity index (χ4n) is 2.54. The molecule has 0 spiro atoms. The Morgan fingerprint density at radius 3 is 2.46 bits per heavy atom. The summed E-state index contributed by atoms with van der Waals surface area (Å²) in [5.74, 6) is -0.577. The Labute approximate surface area is 138 Å². The minimum atomic E-state index is -0.520. The Morgan fingerprint density at radius 1 is 1.12 bits per heavy atom. The molecule has 0 radical (unpaired) electrons. The molecule has 24 heavy (non-hydrogen) atoms. The van der Waals surface area contributed by atoms with Crippen LogP contribution in [0.15, 0.2) is 42.5 Å². The molecule has 2 amide bonds. The number of fused-ring (bicyclic) bond motifs is 1. The molecule has 1 aliphatic heterocycles. The predicted molar refractivity (Wildman–Crippen MR) is 88.3 cm³/mol. The number of rotatable bonds is 5. The first kappa shape index (κ1) is 15.7. The van der Waals surface area contributed by atoms with Crippen LogP contribution >= 0.6 is 0 Å². The molecule has 3 N–H and O–H groups in total. The Morgan fingerprint density at radius 2 is 1.79 bits per heavy atom. The average Bonchev–Trinajstić information content (AvgIpc) is 2.87. The monoisotopic (exact) mass is 324 g/mol. The van der Waals surface area contributed by atoms with Crippen molar-refractivity contribution in [1.29, 1.82) is 0 Å². The average molecular weight is 324 g/mol. The molecule has 0 bridgehead atoms. The molecule has 1 aliphatic rings. The third-order valence-electron chi connectivity index (χ3n) is 4.00. The van der Waals surface area contributed by atoms with Crippen molar-refractivity contribution in [2.45, 2.75) is 12.8 Å². The maximum absolute atomic E-state index is 12.3. The van der Waals surface area contributed by atoms with Gasteiger partial charge in [0.15, 0.2) is 12.4 Å². The number of anilines is 1. The van der Waals surface area contributed by atoms with Gasteiger partial charge >= 0.3 is 0 Å². The first-order valence-corrected chi connectivity index (χ1v) is 7.46. The van der Waals surface area contributed by atoms with E-state index >= 15 is 0 Å². The molecule has 1 atom stereocenters. The summed E-state index contributed by atoms with van der Waals surface area (Å²) >= 11 is 0. The van der Waals surface area contributed by atoms with Gasteiger partial charge in [0, 0.05) is 16.8 Å². The second-order valence-corrected chi connectivity index (χ2v) is 5.61. The zero-order valence-electron chi connectivity index (χ0n) is 13.0. The van der Waals surface area contributed by atoms with E-state index in [1.165, 1.54) is 12.1 Å². The summed E-state index contributed by atoms with van der Waals surface area (Å²) in [4.78, 5) is 34.9. The number of ether oxygens (including phenoxy) is 1. The number of carbonyl (C=O) groups is 3. The number of benzene rings is 2. The van der Waals surface area contributed by atoms with Crippen molar-refractivity contribution < 1.29 is 19.1 Å². The highest BCUT2D eigenvalue weighted by Crippen LogP contribution is 2.32. The second-order valence-electron chi connectivity index (χ2n) is 5.61. The van der Waals surface area contributed by atoms with Gasteiger partial charge in [-0.05, 0) is 55.0 Å². The lowest BCUT2D eigenvalue weighted by Crippen LogP contribution is -2.13. The molecule has 2 aromatic carbocycles. The van der Waals surface area contributed by atoms with E-state index in [0.29, 0.717) is 16.9 Å². The van der Waals surface area contributed by atoms with Gasteiger partial charge in [0.1, 0.15) is 5.75 Å². The van der Waals surface area contributed by atoms with Gasteiger partial charge in [-0.3, -0.25) is 14.4 Å². The van der Waals surface area contributed by atoms with Crippen molar-refractivity contribution in [3.05, 3.63) is 59.2 Å². The lowest BCUT2D eigenvalue weighted by atomic mass is 9.99. The third-order valence-corrected chi connectivity index (χ3v) is 4.00. The number of hydrogen-bond acceptors (Lipinski definition) is 4. The van der Waals surface area contributed by atoms with E-state index in [1.807, 2.05) is 0 Å². The molecule has 122 valence electrons. The summed E-state index contributed by atoms with van der Waals surface area (Å²) in [5.41, 5.74) is 7.59. The van der Waals surface area contributed by atoms with Crippen LogP contribution in [0, 0.1) is 0 Å². The number of carbonyl (C=O) groups excluding carboxylic acids is 3. The van der Waals surface area contributed by atoms with Crippen molar-refractivity contribution in [1.82, 2.24) is 0 Å². The fourth-order valence-corrected chi connectivity index (χ4v) is 2.54. The summed E-state index contributed by atoms with van der Waals surface area (Å²) in [6, 6.07) is 11.4. The molecule has 6 heteroatoms. The minimum Gasteiger partial charge on any atom is -0.485 e. The van der Waals surface area contributed by atoms with Crippen LogP contribution in [0.2, 0.25) is 0 Å². The normalized spacial score (nSPS) is 15.5. The lowest BCUT2D eigenvalue weighted by molar-refractivity contribution is -0.116. The molecular weight excluding hydrogens is 308 g/mol. The van der Waals surface area contributed by atoms with Gasteiger partial charge in [0.25, 0.3) is 0 Å². The Hall–Kier alpha value is -3.15. The second kappa shape index (κ2) is 6.16. The van der Waals surface area contributed by atoms with Crippen molar-refractivity contribution in [3.63, 3.8) is 0 Å². The molecular formula is C18H16N2O4. The highest BCUT2D eigenvalue weighted by Gasteiger charge is 2.27. The highest BCUT2D eigenvalue weighted by molar-refractivity contribution is 6.05. The van der Waals surface area contributed by atoms with Gasteiger partial charge < -0.3 is 15.8 Å². The molecule has 0 aliphatic carbocycles. The van der Waals surface area contributed by atoms with Crippen LogP contribution in [-0.4, -0.2) is 24.2 Å². The van der Waals surface area contributed by atoms with Crippen molar-refractivity contribution in [2.75, 3.05) is 11.9 Å². The quantitative estimate of drug-likeness (QED) is 0.823. The zero-order chi connectivity index (χ0) is 17.3. The van der Waals surface area contributed by atoms with Crippen molar-refractivity contribution >= 4 is 23.3 Å². The Kier molecular flexibility index (Phi) is 4.04. The van der Waals surface area contributed by atoms with Crippen LogP contribution in [0.3, 0.4) is 0 Å². The van der Waals surface area contributed by atoms with Crippen LogP contribution in [0.4, 0.5) is 5.69 Å². The molecule has 0 fully saturated rings. The van der Waals surface area contributed by atoms with E-state index in [4.69, 9.17) is 10.5 Å². The molecule has 1 heterocycles. The van der Waals surface area contributed by atoms with Crippen molar-refractivity contribution in [2.24, 2.45) is 5.73 Å². The standard InChI is InChI=1S/C18H16N2O4/c1-10-14-8-12(4-7-15(14)20-18(10)23)16(21)9-24-13-5-2-11(3-6-13)17(19)22/h2-8,10H,9H2,1H3,(H2,19,22)(H,20,23)/t10-/m1/s1. The van der Waals surface area contributed by atoms with Gasteiger partial charge in [-0.15, -0.1) is 0 Å². The van der Waals surface area contributed by atoms with Crippen LogP contribution in [0.1, 0.15) is 39.1 Å². The van der Waals surface area contributed by atoms with Gasteiger partial charge in [-0.2, -0.15) is 0 Å². The minimum absolute atomic E-state index is 0.0691. The van der Waals surface area contributed by atoms with Gasteiger partial charge in [0.2, 0.25) is 11.8 Å². The molecule has 0 saturated carbocycles. The fraction of sp³-hybridized carbons (Fsp3) is 0.167. The van der Waals surface area contributed by atoms with E-state index < -0.39 is 5.91 Å². The Balaban J connectivity index is 1.68. The number of nitrogens with one attached hydrogen (secondary N) is 1. The molecule has 0 aromatic heterocycles. The van der Waals surface area contributed by atoms with E-state index in [1.54, 1.807) is 37.3 Å². The zero-order valence-corrected chi connectivity index (χ0v) is 13.0. The largest absolute Gasteiger partial charge is 0.485 e. The molecule has 0 saturated heterocycles. The number of primary amides is 1. The lowest BCUT2D eigenvalue weighted by Gasteiger charge is -2.08. The number of ketones is 1. The Bertz CT molecular complexity index is 827. The number of Topliss-reactive ketones (excluding diaryl/α,β-unsaturated/α-hetero) is 1. The smallest absolute Gasteiger partial charge is 0.248 e. The number of amides is 2. The van der Waals surface area contributed by atoms with E-state index in [-0.39, 0.29) is 24.2 Å². The summed E-state index contributed by atoms with van der Waals surface area (Å²) in [7, 11) is 0. The maximum Gasteiger partial charge on any atom is 0.248 e. The first-order chi connectivity index (χ1) is 11.5. The van der Waals surface area contributed by atoms with Crippen LogP contribution in [0.25, 0.3) is 0 Å². The summed E-state index contributed by atoms with van der Waals surface area (Å²) < 4.78 is 5.44. The molecule has 0 unspecified atom stereocenters.